The van der Waals surface area contributed by atoms with Crippen LogP contribution in [0.2, 0.25) is 0 Å². The molecule has 0 spiro atoms. The quantitative estimate of drug-likeness (QED) is 0.811. The number of hydrogen-bond acceptors (Lipinski definition) is 5. The lowest BCUT2D eigenvalue weighted by atomic mass is 10.1. The molecule has 1 fully saturated rings. The predicted octanol–water partition coefficient (Wildman–Crippen LogP) is 2.09. The van der Waals surface area contributed by atoms with E-state index in [-0.39, 0.29) is 23.5 Å². The Kier molecular flexibility index (Phi) is 5.51. The first kappa shape index (κ1) is 15.9. The first-order valence-electron chi connectivity index (χ1n) is 6.77. The van der Waals surface area contributed by atoms with E-state index >= 15 is 0 Å². The van der Waals surface area contributed by atoms with Crippen LogP contribution in [0.25, 0.3) is 0 Å². The first-order chi connectivity index (χ1) is 9.62. The minimum atomic E-state index is -0.214. The third kappa shape index (κ3) is 3.38. The molecule has 1 aromatic heterocycles. The van der Waals surface area contributed by atoms with Crippen LogP contribution in [0.1, 0.15) is 25.7 Å². The highest BCUT2D eigenvalue weighted by molar-refractivity contribution is 9.10. The van der Waals surface area contributed by atoms with Crippen LogP contribution in [-0.4, -0.2) is 39.0 Å². The van der Waals surface area contributed by atoms with Crippen LogP contribution < -0.4 is 10.9 Å². The molecule has 0 amide bonds. The molecule has 20 heavy (non-hydrogen) atoms. The van der Waals surface area contributed by atoms with Crippen molar-refractivity contribution in [2.45, 2.75) is 37.0 Å². The van der Waals surface area contributed by atoms with E-state index in [1.54, 1.807) is 6.20 Å². The van der Waals surface area contributed by atoms with E-state index in [1.807, 2.05) is 11.8 Å². The van der Waals surface area contributed by atoms with Gasteiger partial charge in [0, 0.05) is 11.3 Å². The van der Waals surface area contributed by atoms with Crippen LogP contribution >= 0.6 is 27.7 Å². The van der Waals surface area contributed by atoms with Gasteiger partial charge in [-0.05, 0) is 35.0 Å². The summed E-state index contributed by atoms with van der Waals surface area (Å²) in [6.07, 6.45) is 8.78. The number of nitrogens with one attached hydrogen (secondary N) is 1. The zero-order chi connectivity index (χ0) is 14.6. The number of thioether (sulfide) groups is 1. The Morgan fingerprint density at radius 2 is 2.25 bits per heavy atom. The van der Waals surface area contributed by atoms with E-state index in [2.05, 4.69) is 32.6 Å². The van der Waals surface area contributed by atoms with Crippen molar-refractivity contribution in [2.75, 3.05) is 24.7 Å². The highest BCUT2D eigenvalue weighted by atomic mass is 79.9. The molecular formula is C13H20BrN3O2S. The minimum Gasteiger partial charge on any atom is -0.394 e. The van der Waals surface area contributed by atoms with Crippen molar-refractivity contribution in [1.82, 2.24) is 9.78 Å². The number of rotatable bonds is 6. The van der Waals surface area contributed by atoms with Gasteiger partial charge in [-0.15, -0.1) is 0 Å². The zero-order valence-corrected chi connectivity index (χ0v) is 14.0. The Bertz CT molecular complexity index is 515. The minimum absolute atomic E-state index is 0.0955. The van der Waals surface area contributed by atoms with Gasteiger partial charge in [0.1, 0.15) is 4.47 Å². The van der Waals surface area contributed by atoms with E-state index in [0.717, 1.165) is 12.2 Å². The molecule has 1 saturated carbocycles. The molecule has 5 nitrogen and oxygen atoms in total. The fraction of sp³-hybridized carbons (Fsp3) is 0.692. The smallest absolute Gasteiger partial charge is 0.283 e. The van der Waals surface area contributed by atoms with Crippen LogP contribution in [0, 0.1) is 0 Å². The fourth-order valence-electron chi connectivity index (χ4n) is 2.57. The van der Waals surface area contributed by atoms with Crippen molar-refractivity contribution < 1.29 is 5.11 Å². The number of halogens is 1. The van der Waals surface area contributed by atoms with Crippen molar-refractivity contribution in [3.05, 3.63) is 21.0 Å². The number of aliphatic hydroxyl groups excluding tert-OH is 1. The van der Waals surface area contributed by atoms with E-state index < -0.39 is 0 Å². The first-order valence-corrected chi connectivity index (χ1v) is 8.79. The standard InChI is InChI=1S/C13H20BrN3O2S/c1-20-13(4-2-3-5-13)9-15-10-8-16-17(6-7-18)12(19)11(10)14/h8,15,18H,2-7,9H2,1H3. The van der Waals surface area contributed by atoms with Gasteiger partial charge in [-0.3, -0.25) is 4.79 Å². The molecule has 1 aliphatic carbocycles. The van der Waals surface area contributed by atoms with Gasteiger partial charge in [-0.2, -0.15) is 16.9 Å². The molecule has 0 aromatic carbocycles. The maximum absolute atomic E-state index is 12.0. The molecule has 0 saturated heterocycles. The molecule has 2 rings (SSSR count). The van der Waals surface area contributed by atoms with Crippen LogP contribution in [0.5, 0.6) is 0 Å². The van der Waals surface area contributed by atoms with Crippen LogP contribution in [0.4, 0.5) is 5.69 Å². The summed E-state index contributed by atoms with van der Waals surface area (Å²) in [5, 5.41) is 16.3. The molecule has 112 valence electrons. The number of hydrogen-bond donors (Lipinski definition) is 2. The lowest BCUT2D eigenvalue weighted by molar-refractivity contribution is 0.266. The number of aliphatic hydroxyl groups is 1. The molecule has 1 aliphatic rings. The topological polar surface area (TPSA) is 67.2 Å². The summed E-state index contributed by atoms with van der Waals surface area (Å²) in [5.41, 5.74) is 0.512. The molecule has 1 heterocycles. The normalized spacial score (nSPS) is 17.4. The second-order valence-corrected chi connectivity index (χ2v) is 7.14. The molecule has 2 N–H and O–H groups in total. The third-order valence-electron chi connectivity index (χ3n) is 3.85. The van der Waals surface area contributed by atoms with Crippen LogP contribution in [0.3, 0.4) is 0 Å². The second kappa shape index (κ2) is 6.95. The average molecular weight is 362 g/mol. The Morgan fingerprint density at radius 3 is 2.85 bits per heavy atom. The van der Waals surface area contributed by atoms with Gasteiger partial charge in [0.15, 0.2) is 0 Å². The van der Waals surface area contributed by atoms with Crippen LogP contribution in [-0.2, 0) is 6.54 Å². The number of anilines is 1. The summed E-state index contributed by atoms with van der Waals surface area (Å²) >= 11 is 5.23. The maximum Gasteiger partial charge on any atom is 0.283 e. The highest BCUT2D eigenvalue weighted by Crippen LogP contribution is 2.40. The second-order valence-electron chi connectivity index (χ2n) is 5.07. The lowest BCUT2D eigenvalue weighted by Gasteiger charge is -2.27. The Labute approximate surface area is 131 Å². The average Bonchev–Trinajstić information content (AvgIpc) is 2.93. The molecule has 0 bridgehead atoms. The van der Waals surface area contributed by atoms with E-state index in [1.165, 1.54) is 30.4 Å². The molecule has 7 heteroatoms. The molecule has 0 unspecified atom stereocenters. The highest BCUT2D eigenvalue weighted by Gasteiger charge is 2.32. The van der Waals surface area contributed by atoms with Crippen molar-refractivity contribution in [2.24, 2.45) is 0 Å². The third-order valence-corrected chi connectivity index (χ3v) is 6.03. The molecule has 0 radical (unpaired) electrons. The zero-order valence-electron chi connectivity index (χ0n) is 11.6. The molecule has 0 aliphatic heterocycles. The van der Waals surface area contributed by atoms with E-state index in [0.29, 0.717) is 4.47 Å². The molecular weight excluding hydrogens is 342 g/mol. The van der Waals surface area contributed by atoms with Crippen molar-refractivity contribution in [3.63, 3.8) is 0 Å². The van der Waals surface area contributed by atoms with Crippen molar-refractivity contribution in [1.29, 1.82) is 0 Å². The largest absolute Gasteiger partial charge is 0.394 e. The van der Waals surface area contributed by atoms with E-state index in [4.69, 9.17) is 5.11 Å². The van der Waals surface area contributed by atoms with Gasteiger partial charge in [0.05, 0.1) is 25.0 Å². The Balaban J connectivity index is 2.10. The molecule has 0 atom stereocenters. The Morgan fingerprint density at radius 1 is 1.55 bits per heavy atom. The summed E-state index contributed by atoms with van der Waals surface area (Å²) in [6.45, 7) is 0.964. The Hall–Kier alpha value is -0.530. The van der Waals surface area contributed by atoms with Gasteiger partial charge in [0.25, 0.3) is 5.56 Å². The van der Waals surface area contributed by atoms with Gasteiger partial charge < -0.3 is 10.4 Å². The summed E-state index contributed by atoms with van der Waals surface area (Å²) in [5.74, 6) is 0. The van der Waals surface area contributed by atoms with Gasteiger partial charge in [-0.1, -0.05) is 12.8 Å². The van der Waals surface area contributed by atoms with Gasteiger partial charge in [-0.25, -0.2) is 4.68 Å². The lowest BCUT2D eigenvalue weighted by Crippen LogP contribution is -2.31. The van der Waals surface area contributed by atoms with Gasteiger partial charge >= 0.3 is 0 Å². The number of aromatic nitrogens is 2. The molecule has 1 aromatic rings. The van der Waals surface area contributed by atoms with Gasteiger partial charge in [0.2, 0.25) is 0 Å². The van der Waals surface area contributed by atoms with E-state index in [9.17, 15) is 4.79 Å². The van der Waals surface area contributed by atoms with Crippen molar-refractivity contribution in [3.8, 4) is 0 Å². The maximum atomic E-state index is 12.0. The van der Waals surface area contributed by atoms with Crippen LogP contribution in [0.15, 0.2) is 15.5 Å². The predicted molar refractivity (Wildman–Crippen MR) is 86.5 cm³/mol. The van der Waals surface area contributed by atoms with Crippen molar-refractivity contribution >= 4 is 33.4 Å². The summed E-state index contributed by atoms with van der Waals surface area (Å²) in [6, 6.07) is 0. The monoisotopic (exact) mass is 361 g/mol. The summed E-state index contributed by atoms with van der Waals surface area (Å²) in [7, 11) is 0. The summed E-state index contributed by atoms with van der Waals surface area (Å²) < 4.78 is 2.02. The SMILES string of the molecule is CSC1(CNc2cnn(CCO)c(=O)c2Br)CCCC1. The fourth-order valence-corrected chi connectivity index (χ4v) is 3.93. The summed E-state index contributed by atoms with van der Waals surface area (Å²) in [4.78, 5) is 12.0. The number of nitrogens with zero attached hydrogens (tertiary/aromatic N) is 2.